The number of hydrogen-bond acceptors (Lipinski definition) is 3. The molecule has 0 saturated carbocycles. The SMILES string of the molecule is CCNC(=O)CCn1cc(S(=O)(=O)Cl)c2ccccc21. The first-order chi connectivity index (χ1) is 9.43. The minimum absolute atomic E-state index is 0.0689. The van der Waals surface area contributed by atoms with E-state index in [-0.39, 0.29) is 17.2 Å². The lowest BCUT2D eigenvalue weighted by Gasteiger charge is -2.05. The molecule has 1 aromatic carbocycles. The molecule has 0 spiro atoms. The Kier molecular flexibility index (Phi) is 4.35. The van der Waals surface area contributed by atoms with Crippen LogP contribution < -0.4 is 5.32 Å². The molecular formula is C13H15ClN2O3S. The number of aromatic nitrogens is 1. The van der Waals surface area contributed by atoms with Gasteiger partial charge in [0.15, 0.2) is 0 Å². The predicted molar refractivity (Wildman–Crippen MR) is 78.3 cm³/mol. The molecule has 0 aliphatic rings. The Morgan fingerprint density at radius 3 is 2.70 bits per heavy atom. The molecule has 1 N–H and O–H groups in total. The van der Waals surface area contributed by atoms with Crippen molar-refractivity contribution in [3.05, 3.63) is 30.5 Å². The summed E-state index contributed by atoms with van der Waals surface area (Å²) in [5.41, 5.74) is 0.746. The summed E-state index contributed by atoms with van der Waals surface area (Å²) in [6, 6.07) is 7.07. The van der Waals surface area contributed by atoms with Crippen LogP contribution in [0.3, 0.4) is 0 Å². The van der Waals surface area contributed by atoms with Gasteiger partial charge in [0.25, 0.3) is 9.05 Å². The Morgan fingerprint density at radius 1 is 1.35 bits per heavy atom. The van der Waals surface area contributed by atoms with Crippen LogP contribution in [0.15, 0.2) is 35.4 Å². The molecule has 20 heavy (non-hydrogen) atoms. The van der Waals surface area contributed by atoms with E-state index in [4.69, 9.17) is 10.7 Å². The molecule has 0 atom stereocenters. The maximum Gasteiger partial charge on any atom is 0.263 e. The molecule has 0 unspecified atom stereocenters. The van der Waals surface area contributed by atoms with Crippen LogP contribution in [0.2, 0.25) is 0 Å². The zero-order chi connectivity index (χ0) is 14.8. The monoisotopic (exact) mass is 314 g/mol. The Morgan fingerprint density at radius 2 is 2.05 bits per heavy atom. The van der Waals surface area contributed by atoms with Gasteiger partial charge < -0.3 is 9.88 Å². The van der Waals surface area contributed by atoms with E-state index in [1.54, 1.807) is 22.8 Å². The van der Waals surface area contributed by atoms with E-state index < -0.39 is 9.05 Å². The van der Waals surface area contributed by atoms with E-state index in [0.717, 1.165) is 5.52 Å². The van der Waals surface area contributed by atoms with Gasteiger partial charge in [-0.05, 0) is 13.0 Å². The molecule has 2 rings (SSSR count). The molecule has 0 aliphatic heterocycles. The number of nitrogens with one attached hydrogen (secondary N) is 1. The highest BCUT2D eigenvalue weighted by molar-refractivity contribution is 8.14. The largest absolute Gasteiger partial charge is 0.356 e. The number of para-hydroxylation sites is 1. The Labute approximate surface area is 122 Å². The van der Waals surface area contributed by atoms with Gasteiger partial charge in [-0.2, -0.15) is 0 Å². The molecule has 1 heterocycles. The van der Waals surface area contributed by atoms with Crippen LogP contribution in [0.5, 0.6) is 0 Å². The normalized spacial score (nSPS) is 11.7. The number of hydrogen-bond donors (Lipinski definition) is 1. The smallest absolute Gasteiger partial charge is 0.263 e. The third-order valence-corrected chi connectivity index (χ3v) is 4.32. The summed E-state index contributed by atoms with van der Waals surface area (Å²) in [7, 11) is 1.64. The number of rotatable bonds is 5. The van der Waals surface area contributed by atoms with Crippen LogP contribution in [0.25, 0.3) is 10.9 Å². The lowest BCUT2D eigenvalue weighted by Crippen LogP contribution is -2.23. The van der Waals surface area contributed by atoms with E-state index in [2.05, 4.69) is 5.32 Å². The average molecular weight is 315 g/mol. The highest BCUT2D eigenvalue weighted by atomic mass is 35.7. The first kappa shape index (κ1) is 14.9. The van der Waals surface area contributed by atoms with Crippen molar-refractivity contribution in [3.63, 3.8) is 0 Å². The van der Waals surface area contributed by atoms with E-state index >= 15 is 0 Å². The molecule has 0 fully saturated rings. The van der Waals surface area contributed by atoms with Crippen molar-refractivity contribution in [2.24, 2.45) is 0 Å². The second kappa shape index (κ2) is 5.85. The van der Waals surface area contributed by atoms with Crippen molar-refractivity contribution in [3.8, 4) is 0 Å². The minimum Gasteiger partial charge on any atom is -0.356 e. The van der Waals surface area contributed by atoms with Crippen molar-refractivity contribution in [1.29, 1.82) is 0 Å². The van der Waals surface area contributed by atoms with Gasteiger partial charge in [0, 0.05) is 47.3 Å². The third-order valence-electron chi connectivity index (χ3n) is 2.97. The van der Waals surface area contributed by atoms with Gasteiger partial charge in [0.05, 0.1) is 0 Å². The number of carbonyl (C=O) groups excluding carboxylic acids is 1. The fraction of sp³-hybridized carbons (Fsp3) is 0.308. The highest BCUT2D eigenvalue weighted by Crippen LogP contribution is 2.27. The molecule has 0 saturated heterocycles. The number of amides is 1. The lowest BCUT2D eigenvalue weighted by atomic mass is 10.2. The van der Waals surface area contributed by atoms with Crippen LogP contribution in [-0.4, -0.2) is 25.4 Å². The number of halogens is 1. The summed E-state index contributed by atoms with van der Waals surface area (Å²) in [4.78, 5) is 11.6. The molecule has 5 nitrogen and oxygen atoms in total. The molecule has 1 aromatic heterocycles. The summed E-state index contributed by atoms with van der Waals surface area (Å²) in [6.07, 6.45) is 1.76. The fourth-order valence-corrected chi connectivity index (χ4v) is 3.16. The molecule has 108 valence electrons. The van der Waals surface area contributed by atoms with E-state index in [1.165, 1.54) is 6.20 Å². The highest BCUT2D eigenvalue weighted by Gasteiger charge is 2.18. The summed E-state index contributed by atoms with van der Waals surface area (Å²) in [6.45, 7) is 2.83. The molecule has 0 radical (unpaired) electrons. The number of nitrogens with zero attached hydrogens (tertiary/aromatic N) is 1. The average Bonchev–Trinajstić information content (AvgIpc) is 2.75. The summed E-state index contributed by atoms with van der Waals surface area (Å²) in [5.74, 6) is -0.0689. The topological polar surface area (TPSA) is 68.2 Å². The van der Waals surface area contributed by atoms with Crippen molar-refractivity contribution >= 4 is 36.5 Å². The van der Waals surface area contributed by atoms with Crippen LogP contribution in [0.4, 0.5) is 0 Å². The maximum atomic E-state index is 11.6. The number of aryl methyl sites for hydroxylation is 1. The molecule has 0 aliphatic carbocycles. The zero-order valence-corrected chi connectivity index (χ0v) is 12.5. The fourth-order valence-electron chi connectivity index (χ4n) is 2.10. The second-order valence-electron chi connectivity index (χ2n) is 4.35. The Balaban J connectivity index is 2.37. The van der Waals surface area contributed by atoms with Gasteiger partial charge in [-0.1, -0.05) is 18.2 Å². The number of benzene rings is 1. The lowest BCUT2D eigenvalue weighted by molar-refractivity contribution is -0.121. The molecular weight excluding hydrogens is 300 g/mol. The molecule has 0 bridgehead atoms. The summed E-state index contributed by atoms with van der Waals surface area (Å²) >= 11 is 0. The Hall–Kier alpha value is -1.53. The zero-order valence-electron chi connectivity index (χ0n) is 11.0. The Bertz CT molecular complexity index is 737. The number of carbonyl (C=O) groups is 1. The minimum atomic E-state index is -3.81. The van der Waals surface area contributed by atoms with Gasteiger partial charge in [0.1, 0.15) is 4.90 Å². The van der Waals surface area contributed by atoms with Crippen LogP contribution in [0, 0.1) is 0 Å². The van der Waals surface area contributed by atoms with Crippen molar-refractivity contribution in [2.45, 2.75) is 24.8 Å². The van der Waals surface area contributed by atoms with Crippen molar-refractivity contribution in [1.82, 2.24) is 9.88 Å². The number of fused-ring (bicyclic) bond motifs is 1. The molecule has 1 amide bonds. The van der Waals surface area contributed by atoms with Gasteiger partial charge in [-0.3, -0.25) is 4.79 Å². The van der Waals surface area contributed by atoms with Crippen LogP contribution >= 0.6 is 10.7 Å². The first-order valence-corrected chi connectivity index (χ1v) is 8.53. The summed E-state index contributed by atoms with van der Waals surface area (Å²) in [5, 5.41) is 3.27. The van der Waals surface area contributed by atoms with Crippen LogP contribution in [0.1, 0.15) is 13.3 Å². The van der Waals surface area contributed by atoms with E-state index in [0.29, 0.717) is 18.5 Å². The van der Waals surface area contributed by atoms with Crippen LogP contribution in [-0.2, 0) is 20.4 Å². The van der Waals surface area contributed by atoms with Crippen molar-refractivity contribution < 1.29 is 13.2 Å². The second-order valence-corrected chi connectivity index (χ2v) is 6.88. The maximum absolute atomic E-state index is 11.6. The predicted octanol–water partition coefficient (Wildman–Crippen LogP) is 2.09. The molecule has 2 aromatic rings. The first-order valence-electron chi connectivity index (χ1n) is 6.22. The van der Waals surface area contributed by atoms with Gasteiger partial charge >= 0.3 is 0 Å². The summed E-state index contributed by atoms with van der Waals surface area (Å²) < 4.78 is 24.9. The standard InChI is InChI=1S/C13H15ClN2O3S/c1-2-15-13(17)7-8-16-9-12(20(14,18)19)10-5-3-4-6-11(10)16/h3-6,9H,2,7-8H2,1H3,(H,15,17). The third kappa shape index (κ3) is 3.13. The van der Waals surface area contributed by atoms with E-state index in [9.17, 15) is 13.2 Å². The van der Waals surface area contributed by atoms with Crippen molar-refractivity contribution in [2.75, 3.05) is 6.54 Å². The van der Waals surface area contributed by atoms with E-state index in [1.807, 2.05) is 13.0 Å². The quantitative estimate of drug-likeness (QED) is 0.859. The van der Waals surface area contributed by atoms with Gasteiger partial charge in [-0.25, -0.2) is 8.42 Å². The van der Waals surface area contributed by atoms with Gasteiger partial charge in [0.2, 0.25) is 5.91 Å². The van der Waals surface area contributed by atoms with Gasteiger partial charge in [-0.15, -0.1) is 0 Å². The molecule has 7 heteroatoms.